The summed E-state index contributed by atoms with van der Waals surface area (Å²) in [6.45, 7) is 0.656. The quantitative estimate of drug-likeness (QED) is 0.325. The van der Waals surface area contributed by atoms with Gasteiger partial charge in [-0.25, -0.2) is 0 Å². The summed E-state index contributed by atoms with van der Waals surface area (Å²) in [6, 6.07) is -0.207. The number of hydrogen-bond donors (Lipinski definition) is 3. The third-order valence-electron chi connectivity index (χ3n) is 1.84. The summed E-state index contributed by atoms with van der Waals surface area (Å²) in [4.78, 5) is 11.0. The predicted molar refractivity (Wildman–Crippen MR) is 50.1 cm³/mol. The Labute approximate surface area is 73.8 Å². The number of carbonyl (C=O) groups excluding carboxylic acids is 1. The van der Waals surface area contributed by atoms with Crippen molar-refractivity contribution in [3.05, 3.63) is 0 Å². The Kier molecular flexibility index (Phi) is 7.04. The van der Waals surface area contributed by atoms with Gasteiger partial charge in [-0.15, -0.1) is 0 Å². The summed E-state index contributed by atoms with van der Waals surface area (Å²) >= 11 is 0. The van der Waals surface area contributed by atoms with E-state index in [4.69, 9.17) is 10.8 Å². The molecule has 4 nitrogen and oxygen atoms in total. The third kappa shape index (κ3) is 4.48. The second-order valence-electron chi connectivity index (χ2n) is 2.75. The lowest BCUT2D eigenvalue weighted by atomic mass is 9.86. The average molecular weight is 172 g/mol. The molecule has 0 amide bonds. The normalized spacial score (nSPS) is 12.6. The van der Waals surface area contributed by atoms with Crippen molar-refractivity contribution in [3.63, 3.8) is 0 Å². The van der Waals surface area contributed by atoms with Crippen LogP contribution >= 0.6 is 0 Å². The van der Waals surface area contributed by atoms with Gasteiger partial charge in [0.15, 0.2) is 0 Å². The fourth-order valence-electron chi connectivity index (χ4n) is 1.07. The highest BCUT2D eigenvalue weighted by Crippen LogP contribution is 1.99. The Morgan fingerprint density at radius 2 is 2.33 bits per heavy atom. The fourth-order valence-corrected chi connectivity index (χ4v) is 1.07. The van der Waals surface area contributed by atoms with Crippen LogP contribution in [0, 0.1) is 0 Å². The van der Waals surface area contributed by atoms with Crippen LogP contribution in [-0.4, -0.2) is 37.8 Å². The number of nitrogens with two attached hydrogens (primary N) is 1. The maximum atomic E-state index is 11.0. The first kappa shape index (κ1) is 11.6. The monoisotopic (exact) mass is 172 g/mol. The second kappa shape index (κ2) is 7.27. The number of carbonyl (C=O) groups is 1. The maximum absolute atomic E-state index is 11.0. The number of unbranched alkanes of at least 4 members (excludes halogenated alkanes) is 1. The highest BCUT2D eigenvalue weighted by molar-refractivity contribution is 6.69. The number of hydrogen-bond acceptors (Lipinski definition) is 4. The minimum absolute atomic E-state index is 0.144. The molecule has 0 heterocycles. The van der Waals surface area contributed by atoms with E-state index in [0.717, 1.165) is 19.3 Å². The number of likely N-dealkylation sites (N-methyl/N-ethyl adjacent to an activating group) is 1. The third-order valence-corrected chi connectivity index (χ3v) is 1.84. The van der Waals surface area contributed by atoms with Gasteiger partial charge in [0.2, 0.25) is 0 Å². The first-order chi connectivity index (χ1) is 5.76. The van der Waals surface area contributed by atoms with Gasteiger partial charge >= 0.3 is 7.48 Å². The van der Waals surface area contributed by atoms with Crippen molar-refractivity contribution in [2.45, 2.75) is 25.3 Å². The molecule has 0 aromatic heterocycles. The smallest absolute Gasteiger partial charge is 0.350 e. The van der Waals surface area contributed by atoms with Gasteiger partial charge in [-0.1, -0.05) is 6.42 Å². The highest BCUT2D eigenvalue weighted by atomic mass is 16.2. The van der Waals surface area contributed by atoms with Gasteiger partial charge in [0.1, 0.15) is 5.68 Å². The van der Waals surface area contributed by atoms with E-state index >= 15 is 0 Å². The molecule has 0 bridgehead atoms. The van der Waals surface area contributed by atoms with Crippen LogP contribution in [0.1, 0.15) is 19.3 Å². The molecule has 0 unspecified atom stereocenters. The van der Waals surface area contributed by atoms with Crippen molar-refractivity contribution in [2.75, 3.05) is 13.6 Å². The topological polar surface area (TPSA) is 75.3 Å². The van der Waals surface area contributed by atoms with Crippen molar-refractivity contribution in [2.24, 2.45) is 5.73 Å². The molecular weight excluding hydrogens is 155 g/mol. The SMILES string of the molecule is CN[C@@H](CCCCN)C(=O)BO. The maximum Gasteiger partial charge on any atom is 0.350 e. The average Bonchev–Trinajstić information content (AvgIpc) is 2.11. The van der Waals surface area contributed by atoms with E-state index in [2.05, 4.69) is 5.32 Å². The van der Waals surface area contributed by atoms with E-state index in [1.807, 2.05) is 0 Å². The molecule has 0 spiro atoms. The molecule has 4 N–H and O–H groups in total. The Balaban J connectivity index is 3.60. The van der Waals surface area contributed by atoms with E-state index in [-0.39, 0.29) is 19.2 Å². The zero-order chi connectivity index (χ0) is 9.40. The van der Waals surface area contributed by atoms with E-state index in [9.17, 15) is 4.79 Å². The van der Waals surface area contributed by atoms with Gasteiger partial charge in [0.25, 0.3) is 0 Å². The van der Waals surface area contributed by atoms with Crippen molar-refractivity contribution >= 4 is 13.2 Å². The molecule has 12 heavy (non-hydrogen) atoms. The van der Waals surface area contributed by atoms with Crippen LogP contribution in [0.5, 0.6) is 0 Å². The minimum atomic E-state index is -0.381. The van der Waals surface area contributed by atoms with Crippen LogP contribution in [0.15, 0.2) is 0 Å². The van der Waals surface area contributed by atoms with Gasteiger partial charge in [-0.05, 0) is 26.4 Å². The molecule has 0 aliphatic carbocycles. The van der Waals surface area contributed by atoms with Gasteiger partial charge in [-0.3, -0.25) is 0 Å². The van der Waals surface area contributed by atoms with E-state index in [0.29, 0.717) is 6.54 Å². The van der Waals surface area contributed by atoms with Gasteiger partial charge < -0.3 is 20.9 Å². The molecule has 0 aliphatic rings. The first-order valence-corrected chi connectivity index (χ1v) is 4.27. The van der Waals surface area contributed by atoms with Crippen LogP contribution in [0.25, 0.3) is 0 Å². The minimum Gasteiger partial charge on any atom is -0.447 e. The zero-order valence-electron chi connectivity index (χ0n) is 7.55. The van der Waals surface area contributed by atoms with Gasteiger partial charge in [0, 0.05) is 0 Å². The van der Waals surface area contributed by atoms with Crippen LogP contribution in [0.3, 0.4) is 0 Å². The molecule has 0 rings (SSSR count). The summed E-state index contributed by atoms with van der Waals surface area (Å²) in [5.41, 5.74) is 5.17. The predicted octanol–water partition coefficient (Wildman–Crippen LogP) is -1.43. The summed E-state index contributed by atoms with van der Waals surface area (Å²) in [5, 5.41) is 11.4. The summed E-state index contributed by atoms with van der Waals surface area (Å²) < 4.78 is 0. The second-order valence-corrected chi connectivity index (χ2v) is 2.75. The Hall–Kier alpha value is -0.385. The number of nitrogens with one attached hydrogen (secondary N) is 1. The lowest BCUT2D eigenvalue weighted by Gasteiger charge is -2.12. The Morgan fingerprint density at radius 3 is 2.75 bits per heavy atom. The van der Waals surface area contributed by atoms with Crippen LogP contribution in [0.2, 0.25) is 0 Å². The molecule has 5 heteroatoms. The van der Waals surface area contributed by atoms with E-state index < -0.39 is 0 Å². The molecule has 0 aromatic carbocycles. The fraction of sp³-hybridized carbons (Fsp3) is 0.857. The first-order valence-electron chi connectivity index (χ1n) is 4.27. The molecule has 0 fully saturated rings. The Morgan fingerprint density at radius 1 is 1.67 bits per heavy atom. The molecular formula is C7H17BN2O2. The number of rotatable bonds is 7. The lowest BCUT2D eigenvalue weighted by molar-refractivity contribution is -0.114. The van der Waals surface area contributed by atoms with Crippen molar-refractivity contribution in [3.8, 4) is 0 Å². The zero-order valence-corrected chi connectivity index (χ0v) is 7.55. The molecule has 0 saturated carbocycles. The van der Waals surface area contributed by atoms with Crippen LogP contribution < -0.4 is 11.1 Å². The molecule has 0 radical (unpaired) electrons. The molecule has 1 atom stereocenters. The lowest BCUT2D eigenvalue weighted by Crippen LogP contribution is -2.37. The molecule has 70 valence electrons. The molecule has 0 aromatic rings. The molecule has 0 saturated heterocycles. The summed E-state index contributed by atoms with van der Waals surface area (Å²) in [5.74, 6) is 0. The van der Waals surface area contributed by atoms with Gasteiger partial charge in [0.05, 0.1) is 6.04 Å². The van der Waals surface area contributed by atoms with Crippen LogP contribution in [0.4, 0.5) is 0 Å². The summed E-state index contributed by atoms with van der Waals surface area (Å²) in [7, 11) is 1.34. The van der Waals surface area contributed by atoms with Crippen molar-refractivity contribution in [1.82, 2.24) is 5.32 Å². The Bertz CT molecular complexity index is 133. The standard InChI is InChI=1S/C7H17BN2O2/c1-10-6(7(11)8-12)4-2-3-5-9/h6,8,10,12H,2-5,9H2,1H3/t6-/m0/s1. The largest absolute Gasteiger partial charge is 0.447 e. The van der Waals surface area contributed by atoms with E-state index in [1.54, 1.807) is 7.05 Å². The molecule has 0 aliphatic heterocycles. The van der Waals surface area contributed by atoms with Crippen molar-refractivity contribution < 1.29 is 9.82 Å². The van der Waals surface area contributed by atoms with Crippen LogP contribution in [-0.2, 0) is 4.79 Å². The van der Waals surface area contributed by atoms with Crippen molar-refractivity contribution in [1.29, 1.82) is 0 Å². The summed E-state index contributed by atoms with van der Waals surface area (Å²) in [6.07, 6.45) is 2.61. The van der Waals surface area contributed by atoms with E-state index in [1.165, 1.54) is 0 Å². The van der Waals surface area contributed by atoms with Gasteiger partial charge in [-0.2, -0.15) is 0 Å². The highest BCUT2D eigenvalue weighted by Gasteiger charge is 2.14.